The first kappa shape index (κ1) is 11.3. The van der Waals surface area contributed by atoms with E-state index in [4.69, 9.17) is 11.3 Å². The number of aryl methyl sites for hydroxylation is 1. The standard InChI is InChI=1S/C12H14N2O/c1-8(2)12(13-4)10-6-7-11(15-5)14-9(10)3/h6-7H,1-3,5H3. The SMILES string of the molecule is [C-]#[N+]C(=C(C)C)c1ccc(OC)nc1C. The topological polar surface area (TPSA) is 26.5 Å². The molecule has 0 amide bonds. The Morgan fingerprint density at radius 2 is 2.07 bits per heavy atom. The van der Waals surface area contributed by atoms with Crippen molar-refractivity contribution in [3.8, 4) is 5.88 Å². The highest BCUT2D eigenvalue weighted by atomic mass is 16.5. The van der Waals surface area contributed by atoms with Crippen LogP contribution in [0.1, 0.15) is 25.1 Å². The Bertz CT molecular complexity index is 437. The molecule has 0 aliphatic rings. The van der Waals surface area contributed by atoms with E-state index in [1.54, 1.807) is 13.2 Å². The Morgan fingerprint density at radius 1 is 1.40 bits per heavy atom. The molecule has 0 fully saturated rings. The third-order valence-corrected chi connectivity index (χ3v) is 2.11. The molecular formula is C12H14N2O. The third-order valence-electron chi connectivity index (χ3n) is 2.11. The van der Waals surface area contributed by atoms with Gasteiger partial charge in [-0.15, -0.1) is 0 Å². The van der Waals surface area contributed by atoms with Crippen LogP contribution >= 0.6 is 0 Å². The minimum atomic E-state index is 0.578. The van der Waals surface area contributed by atoms with Gasteiger partial charge >= 0.3 is 0 Å². The first-order valence-corrected chi connectivity index (χ1v) is 4.67. The molecule has 0 aliphatic heterocycles. The molecular weight excluding hydrogens is 188 g/mol. The maximum atomic E-state index is 7.13. The summed E-state index contributed by atoms with van der Waals surface area (Å²) in [7, 11) is 1.58. The molecule has 78 valence electrons. The summed E-state index contributed by atoms with van der Waals surface area (Å²) in [6.45, 7) is 12.9. The molecule has 0 unspecified atom stereocenters. The van der Waals surface area contributed by atoms with Crippen LogP contribution in [0.15, 0.2) is 17.7 Å². The monoisotopic (exact) mass is 202 g/mol. The van der Waals surface area contributed by atoms with Crippen molar-refractivity contribution < 1.29 is 4.74 Å². The van der Waals surface area contributed by atoms with Crippen molar-refractivity contribution in [2.24, 2.45) is 0 Å². The molecule has 0 radical (unpaired) electrons. The Balaban J connectivity index is 3.29. The van der Waals surface area contributed by atoms with Gasteiger partial charge < -0.3 is 4.74 Å². The highest BCUT2D eigenvalue weighted by molar-refractivity contribution is 5.74. The normalized spacial score (nSPS) is 9.27. The number of rotatable bonds is 2. The average molecular weight is 202 g/mol. The van der Waals surface area contributed by atoms with Crippen LogP contribution < -0.4 is 4.74 Å². The molecule has 0 aromatic carbocycles. The van der Waals surface area contributed by atoms with Gasteiger partial charge in [0.25, 0.3) is 0 Å². The molecule has 1 heterocycles. The summed E-state index contributed by atoms with van der Waals surface area (Å²) in [5, 5.41) is 0. The summed E-state index contributed by atoms with van der Waals surface area (Å²) in [4.78, 5) is 7.77. The third kappa shape index (κ3) is 2.35. The van der Waals surface area contributed by atoms with Gasteiger partial charge in [0.05, 0.1) is 13.7 Å². The molecule has 0 N–H and O–H groups in total. The number of methoxy groups -OCH3 is 1. The van der Waals surface area contributed by atoms with Gasteiger partial charge in [-0.3, -0.25) is 0 Å². The van der Waals surface area contributed by atoms with Crippen molar-refractivity contribution in [1.29, 1.82) is 0 Å². The van der Waals surface area contributed by atoms with Crippen molar-refractivity contribution in [3.63, 3.8) is 0 Å². The molecule has 3 nitrogen and oxygen atoms in total. The van der Waals surface area contributed by atoms with Crippen LogP contribution in [-0.4, -0.2) is 12.1 Å². The summed E-state index contributed by atoms with van der Waals surface area (Å²) in [5.41, 5.74) is 3.37. The zero-order valence-corrected chi connectivity index (χ0v) is 9.46. The first-order valence-electron chi connectivity index (χ1n) is 4.67. The molecule has 1 aromatic rings. The van der Waals surface area contributed by atoms with E-state index in [0.717, 1.165) is 16.8 Å². The summed E-state index contributed by atoms with van der Waals surface area (Å²) in [6.07, 6.45) is 0. The molecule has 0 bridgehead atoms. The molecule has 0 spiro atoms. The quantitative estimate of drug-likeness (QED) is 0.689. The van der Waals surface area contributed by atoms with Crippen LogP contribution in [0.5, 0.6) is 5.88 Å². The molecule has 1 rings (SSSR count). The second-order valence-corrected chi connectivity index (χ2v) is 3.45. The van der Waals surface area contributed by atoms with E-state index in [1.165, 1.54) is 0 Å². The lowest BCUT2D eigenvalue weighted by molar-refractivity contribution is 0.397. The summed E-state index contributed by atoms with van der Waals surface area (Å²) >= 11 is 0. The molecule has 1 aromatic heterocycles. The minimum absolute atomic E-state index is 0.578. The maximum absolute atomic E-state index is 7.13. The average Bonchev–Trinajstić information content (AvgIpc) is 2.20. The molecule has 0 atom stereocenters. The highest BCUT2D eigenvalue weighted by Gasteiger charge is 2.08. The van der Waals surface area contributed by atoms with Crippen molar-refractivity contribution in [3.05, 3.63) is 40.4 Å². The molecule has 0 saturated carbocycles. The number of aromatic nitrogens is 1. The molecule has 3 heteroatoms. The van der Waals surface area contributed by atoms with Gasteiger partial charge in [-0.2, -0.15) is 0 Å². The Labute approximate surface area is 90.2 Å². The van der Waals surface area contributed by atoms with Crippen LogP contribution in [0.2, 0.25) is 0 Å². The minimum Gasteiger partial charge on any atom is -0.481 e. The van der Waals surface area contributed by atoms with Crippen molar-refractivity contribution >= 4 is 5.70 Å². The maximum Gasteiger partial charge on any atom is 0.213 e. The predicted octanol–water partition coefficient (Wildman–Crippen LogP) is 3.07. The van der Waals surface area contributed by atoms with Crippen molar-refractivity contribution in [1.82, 2.24) is 4.98 Å². The van der Waals surface area contributed by atoms with Gasteiger partial charge in [0.2, 0.25) is 5.88 Å². The van der Waals surface area contributed by atoms with E-state index in [0.29, 0.717) is 11.6 Å². The first-order chi connectivity index (χ1) is 7.10. The largest absolute Gasteiger partial charge is 0.481 e. The number of allylic oxidation sites excluding steroid dienone is 1. The fraction of sp³-hybridized carbons (Fsp3) is 0.333. The fourth-order valence-corrected chi connectivity index (χ4v) is 1.34. The fourth-order valence-electron chi connectivity index (χ4n) is 1.34. The van der Waals surface area contributed by atoms with Gasteiger partial charge in [-0.1, -0.05) is 25.5 Å². The van der Waals surface area contributed by atoms with Gasteiger partial charge in [0, 0.05) is 11.3 Å². The molecule has 0 saturated heterocycles. The van der Waals surface area contributed by atoms with E-state index in [9.17, 15) is 0 Å². The van der Waals surface area contributed by atoms with Crippen LogP contribution in [-0.2, 0) is 0 Å². The molecule has 15 heavy (non-hydrogen) atoms. The summed E-state index contributed by atoms with van der Waals surface area (Å²) in [6, 6.07) is 3.65. The second kappa shape index (κ2) is 4.61. The zero-order valence-electron chi connectivity index (χ0n) is 9.46. The summed E-state index contributed by atoms with van der Waals surface area (Å²) in [5.74, 6) is 0.578. The van der Waals surface area contributed by atoms with Gasteiger partial charge in [0.15, 0.2) is 5.70 Å². The Kier molecular flexibility index (Phi) is 3.46. The van der Waals surface area contributed by atoms with Crippen molar-refractivity contribution in [2.45, 2.75) is 20.8 Å². The van der Waals surface area contributed by atoms with E-state index in [1.807, 2.05) is 26.8 Å². The smallest absolute Gasteiger partial charge is 0.213 e. The predicted molar refractivity (Wildman–Crippen MR) is 60.4 cm³/mol. The van der Waals surface area contributed by atoms with E-state index in [2.05, 4.69) is 9.83 Å². The summed E-state index contributed by atoms with van der Waals surface area (Å²) < 4.78 is 5.02. The van der Waals surface area contributed by atoms with Crippen molar-refractivity contribution in [2.75, 3.05) is 7.11 Å². The lowest BCUT2D eigenvalue weighted by Gasteiger charge is -2.07. The van der Waals surface area contributed by atoms with E-state index >= 15 is 0 Å². The number of hydrogen-bond acceptors (Lipinski definition) is 2. The molecule has 0 aliphatic carbocycles. The van der Waals surface area contributed by atoms with Crippen LogP contribution in [0.25, 0.3) is 10.5 Å². The van der Waals surface area contributed by atoms with E-state index < -0.39 is 0 Å². The van der Waals surface area contributed by atoms with Crippen LogP contribution in [0.4, 0.5) is 0 Å². The zero-order chi connectivity index (χ0) is 11.4. The van der Waals surface area contributed by atoms with Crippen LogP contribution in [0.3, 0.4) is 0 Å². The lowest BCUT2D eigenvalue weighted by atomic mass is 10.1. The number of pyridine rings is 1. The Morgan fingerprint density at radius 3 is 2.47 bits per heavy atom. The van der Waals surface area contributed by atoms with Gasteiger partial charge in [-0.25, -0.2) is 9.83 Å². The van der Waals surface area contributed by atoms with Crippen LogP contribution in [0, 0.1) is 13.5 Å². The second-order valence-electron chi connectivity index (χ2n) is 3.45. The lowest BCUT2D eigenvalue weighted by Crippen LogP contribution is -1.94. The van der Waals surface area contributed by atoms with Gasteiger partial charge in [-0.05, 0) is 13.0 Å². The Hall–Kier alpha value is -1.82. The number of hydrogen-bond donors (Lipinski definition) is 0. The number of ether oxygens (including phenoxy) is 1. The van der Waals surface area contributed by atoms with E-state index in [-0.39, 0.29) is 0 Å². The highest BCUT2D eigenvalue weighted by Crippen LogP contribution is 2.24. The van der Waals surface area contributed by atoms with Gasteiger partial charge in [0.1, 0.15) is 0 Å². The number of nitrogens with zero attached hydrogens (tertiary/aromatic N) is 2.